The average Bonchev–Trinajstić information content (AvgIpc) is 3.42. The van der Waals surface area contributed by atoms with Gasteiger partial charge in [-0.25, -0.2) is 4.98 Å². The number of H-pyrrole nitrogens is 1. The van der Waals surface area contributed by atoms with Crippen molar-refractivity contribution < 1.29 is 4.52 Å². The van der Waals surface area contributed by atoms with E-state index in [4.69, 9.17) is 4.52 Å². The van der Waals surface area contributed by atoms with Crippen LogP contribution in [0.2, 0.25) is 0 Å². The molecule has 7 heteroatoms. The Balaban J connectivity index is 1.42. The number of aromatic nitrogens is 5. The lowest BCUT2D eigenvalue weighted by atomic mass is 10.00. The van der Waals surface area contributed by atoms with Crippen LogP contribution < -0.4 is 0 Å². The zero-order valence-corrected chi connectivity index (χ0v) is 16.0. The molecule has 0 fully saturated rings. The smallest absolute Gasteiger partial charge is 0.143 e. The molecule has 7 nitrogen and oxygen atoms in total. The second-order valence-electron chi connectivity index (χ2n) is 7.25. The molecule has 0 saturated heterocycles. The largest absolute Gasteiger partial charge is 0.361 e. The van der Waals surface area contributed by atoms with Crippen molar-refractivity contribution in [2.75, 3.05) is 6.54 Å². The zero-order valence-electron chi connectivity index (χ0n) is 16.0. The maximum atomic E-state index is 5.36. The molecule has 1 aliphatic heterocycles. The van der Waals surface area contributed by atoms with Gasteiger partial charge in [0, 0.05) is 55.4 Å². The lowest BCUT2D eigenvalue weighted by Gasteiger charge is -2.27. The van der Waals surface area contributed by atoms with Crippen molar-refractivity contribution >= 4 is 0 Å². The molecule has 28 heavy (non-hydrogen) atoms. The number of fused-ring (bicyclic) bond motifs is 1. The van der Waals surface area contributed by atoms with Crippen LogP contribution in [0.15, 0.2) is 47.2 Å². The van der Waals surface area contributed by atoms with Crippen LogP contribution in [0.4, 0.5) is 0 Å². The standard InChI is InChI=1S/C21H22N6O/c1-14-20(15(2)28-25-14)21-17-13-26(11-8-18(17)23-24-21)12-16-6-5-10-27(16)19-7-3-4-9-22-19/h3-7,9-10H,8,11-13H2,1-2H3,(H,23,24). The molecule has 4 aromatic heterocycles. The van der Waals surface area contributed by atoms with Crippen LogP contribution >= 0.6 is 0 Å². The molecule has 5 rings (SSSR count). The van der Waals surface area contributed by atoms with E-state index in [1.54, 1.807) is 0 Å². The van der Waals surface area contributed by atoms with E-state index in [0.29, 0.717) is 0 Å². The summed E-state index contributed by atoms with van der Waals surface area (Å²) < 4.78 is 7.51. The molecule has 0 saturated carbocycles. The minimum atomic E-state index is 0.813. The normalized spacial score (nSPS) is 14.4. The van der Waals surface area contributed by atoms with Gasteiger partial charge >= 0.3 is 0 Å². The molecule has 1 N–H and O–H groups in total. The number of nitrogens with zero attached hydrogens (tertiary/aromatic N) is 5. The van der Waals surface area contributed by atoms with Gasteiger partial charge in [-0.3, -0.25) is 10.00 Å². The van der Waals surface area contributed by atoms with Crippen LogP contribution in [0.5, 0.6) is 0 Å². The van der Waals surface area contributed by atoms with Gasteiger partial charge in [-0.2, -0.15) is 5.10 Å². The maximum absolute atomic E-state index is 5.36. The Labute approximate surface area is 163 Å². The van der Waals surface area contributed by atoms with Crippen molar-refractivity contribution in [2.45, 2.75) is 33.4 Å². The molecular weight excluding hydrogens is 352 g/mol. The van der Waals surface area contributed by atoms with Gasteiger partial charge in [0.1, 0.15) is 17.3 Å². The molecule has 142 valence electrons. The first kappa shape index (κ1) is 16.9. The fourth-order valence-corrected chi connectivity index (χ4v) is 4.01. The van der Waals surface area contributed by atoms with Crippen molar-refractivity contribution in [1.29, 1.82) is 0 Å². The molecule has 0 amide bonds. The van der Waals surface area contributed by atoms with E-state index in [9.17, 15) is 0 Å². The molecular formula is C21H22N6O. The van der Waals surface area contributed by atoms with E-state index in [1.165, 1.54) is 17.0 Å². The number of aromatic amines is 1. The molecule has 0 spiro atoms. The van der Waals surface area contributed by atoms with Crippen LogP contribution in [0, 0.1) is 13.8 Å². The molecule has 0 aliphatic carbocycles. The molecule has 1 aliphatic rings. The first-order valence-electron chi connectivity index (χ1n) is 9.50. The molecule has 0 atom stereocenters. The quantitative estimate of drug-likeness (QED) is 0.592. The van der Waals surface area contributed by atoms with Gasteiger partial charge in [0.25, 0.3) is 0 Å². The third-order valence-electron chi connectivity index (χ3n) is 5.40. The highest BCUT2D eigenvalue weighted by Gasteiger charge is 2.26. The van der Waals surface area contributed by atoms with Gasteiger partial charge in [0.05, 0.1) is 11.3 Å². The fourth-order valence-electron chi connectivity index (χ4n) is 4.01. The first-order valence-corrected chi connectivity index (χ1v) is 9.50. The first-order chi connectivity index (χ1) is 13.7. The Morgan fingerprint density at radius 3 is 2.89 bits per heavy atom. The Bertz CT molecular complexity index is 1090. The third-order valence-corrected chi connectivity index (χ3v) is 5.40. The zero-order chi connectivity index (χ0) is 19.1. The molecule has 0 aromatic carbocycles. The van der Waals surface area contributed by atoms with E-state index in [2.05, 4.69) is 48.1 Å². The highest BCUT2D eigenvalue weighted by molar-refractivity contribution is 5.68. The maximum Gasteiger partial charge on any atom is 0.143 e. The van der Waals surface area contributed by atoms with Gasteiger partial charge in [-0.15, -0.1) is 0 Å². The molecule has 0 bridgehead atoms. The summed E-state index contributed by atoms with van der Waals surface area (Å²) in [7, 11) is 0. The van der Waals surface area contributed by atoms with Crippen LogP contribution in [-0.4, -0.2) is 36.3 Å². The van der Waals surface area contributed by atoms with E-state index in [0.717, 1.165) is 54.6 Å². The van der Waals surface area contributed by atoms with Crippen LogP contribution in [0.25, 0.3) is 17.1 Å². The molecule has 0 unspecified atom stereocenters. The summed E-state index contributed by atoms with van der Waals surface area (Å²) in [5, 5.41) is 11.9. The lowest BCUT2D eigenvalue weighted by molar-refractivity contribution is 0.241. The van der Waals surface area contributed by atoms with Gasteiger partial charge in [0.2, 0.25) is 0 Å². The Morgan fingerprint density at radius 1 is 1.18 bits per heavy atom. The average molecular weight is 374 g/mol. The van der Waals surface area contributed by atoms with Gasteiger partial charge in [-0.05, 0) is 38.1 Å². The van der Waals surface area contributed by atoms with Crippen molar-refractivity contribution in [1.82, 2.24) is 29.8 Å². The predicted octanol–water partition coefficient (Wildman–Crippen LogP) is 3.43. The molecule has 4 aromatic rings. The van der Waals surface area contributed by atoms with Crippen LogP contribution in [0.1, 0.15) is 28.4 Å². The highest BCUT2D eigenvalue weighted by atomic mass is 16.5. The Kier molecular flexibility index (Phi) is 4.09. The number of pyridine rings is 1. The number of aryl methyl sites for hydroxylation is 2. The second kappa shape index (κ2) is 6.76. The summed E-state index contributed by atoms with van der Waals surface area (Å²) in [4.78, 5) is 6.93. The van der Waals surface area contributed by atoms with Crippen LogP contribution in [0.3, 0.4) is 0 Å². The summed E-state index contributed by atoms with van der Waals surface area (Å²) in [6.45, 7) is 6.60. The van der Waals surface area contributed by atoms with Crippen molar-refractivity contribution in [3.05, 3.63) is 71.1 Å². The van der Waals surface area contributed by atoms with Gasteiger partial charge < -0.3 is 9.09 Å². The summed E-state index contributed by atoms with van der Waals surface area (Å²) in [5.74, 6) is 1.76. The van der Waals surface area contributed by atoms with Gasteiger partial charge in [-0.1, -0.05) is 11.2 Å². The monoisotopic (exact) mass is 374 g/mol. The minimum absolute atomic E-state index is 0.813. The second-order valence-corrected chi connectivity index (χ2v) is 7.25. The van der Waals surface area contributed by atoms with Crippen LogP contribution in [-0.2, 0) is 19.5 Å². The van der Waals surface area contributed by atoms with Gasteiger partial charge in [0.15, 0.2) is 0 Å². The Hall–Kier alpha value is -3.19. The third kappa shape index (κ3) is 2.84. The Morgan fingerprint density at radius 2 is 2.11 bits per heavy atom. The summed E-state index contributed by atoms with van der Waals surface area (Å²) >= 11 is 0. The SMILES string of the molecule is Cc1noc(C)c1-c1n[nH]c2c1CN(Cc1cccn1-c1ccccn1)CC2. The summed E-state index contributed by atoms with van der Waals surface area (Å²) in [5.41, 5.74) is 6.55. The van der Waals surface area contributed by atoms with Crippen molar-refractivity contribution in [3.63, 3.8) is 0 Å². The lowest BCUT2D eigenvalue weighted by Crippen LogP contribution is -2.30. The highest BCUT2D eigenvalue weighted by Crippen LogP contribution is 2.32. The van der Waals surface area contributed by atoms with E-state index < -0.39 is 0 Å². The number of rotatable bonds is 4. The summed E-state index contributed by atoms with van der Waals surface area (Å²) in [6, 6.07) is 10.2. The topological polar surface area (TPSA) is 75.8 Å². The number of nitrogens with one attached hydrogen (secondary N) is 1. The minimum Gasteiger partial charge on any atom is -0.361 e. The fraction of sp³-hybridized carbons (Fsp3) is 0.286. The molecule has 5 heterocycles. The van der Waals surface area contributed by atoms with E-state index in [-0.39, 0.29) is 0 Å². The number of hydrogen-bond donors (Lipinski definition) is 1. The van der Waals surface area contributed by atoms with E-state index >= 15 is 0 Å². The van der Waals surface area contributed by atoms with Crippen molar-refractivity contribution in [3.8, 4) is 17.1 Å². The number of hydrogen-bond acceptors (Lipinski definition) is 5. The van der Waals surface area contributed by atoms with E-state index in [1.807, 2.05) is 38.2 Å². The summed E-state index contributed by atoms with van der Waals surface area (Å²) in [6.07, 6.45) is 4.85. The molecule has 0 radical (unpaired) electrons. The predicted molar refractivity (Wildman–Crippen MR) is 105 cm³/mol. The van der Waals surface area contributed by atoms with Crippen molar-refractivity contribution in [2.24, 2.45) is 0 Å².